The monoisotopic (exact) mass is 270 g/mol. The Bertz CT molecular complexity index is 512. The summed E-state index contributed by atoms with van der Waals surface area (Å²) in [7, 11) is -3.29. The van der Waals surface area contributed by atoms with Gasteiger partial charge in [0.1, 0.15) is 0 Å². The van der Waals surface area contributed by atoms with Crippen LogP contribution in [0.1, 0.15) is 13.3 Å². The van der Waals surface area contributed by atoms with E-state index < -0.39 is 9.84 Å². The van der Waals surface area contributed by atoms with Crippen molar-refractivity contribution in [2.45, 2.75) is 18.2 Å². The molecule has 0 heterocycles. The minimum atomic E-state index is -3.29. The summed E-state index contributed by atoms with van der Waals surface area (Å²) in [4.78, 5) is 11.6. The van der Waals surface area contributed by atoms with Crippen LogP contribution in [0.5, 0.6) is 0 Å². The lowest BCUT2D eigenvalue weighted by molar-refractivity contribution is -0.119. The van der Waals surface area contributed by atoms with Crippen LogP contribution in [0.4, 0.5) is 5.69 Å². The van der Waals surface area contributed by atoms with Gasteiger partial charge in [0, 0.05) is 12.8 Å². The summed E-state index contributed by atoms with van der Waals surface area (Å²) in [6.45, 7) is 2.65. The summed E-state index contributed by atoms with van der Waals surface area (Å²) in [5, 5.41) is 5.55. The first kappa shape index (κ1) is 14.5. The van der Waals surface area contributed by atoms with Crippen LogP contribution in [-0.2, 0) is 14.6 Å². The van der Waals surface area contributed by atoms with E-state index >= 15 is 0 Å². The van der Waals surface area contributed by atoms with Gasteiger partial charge >= 0.3 is 0 Å². The van der Waals surface area contributed by atoms with Crippen molar-refractivity contribution in [2.75, 3.05) is 24.7 Å². The molecule has 18 heavy (non-hydrogen) atoms. The minimum Gasteiger partial charge on any atom is -0.375 e. The van der Waals surface area contributed by atoms with Gasteiger partial charge in [0.25, 0.3) is 0 Å². The van der Waals surface area contributed by atoms with Crippen LogP contribution in [0.2, 0.25) is 0 Å². The lowest BCUT2D eigenvalue weighted by atomic mass is 10.3. The summed E-state index contributed by atoms with van der Waals surface area (Å²) in [5.41, 5.74) is 0.451. The molecule has 0 fully saturated rings. The number of para-hydroxylation sites is 1. The molecule has 0 aliphatic heterocycles. The van der Waals surface area contributed by atoms with Gasteiger partial charge in [-0.15, -0.1) is 0 Å². The number of sulfone groups is 1. The molecule has 0 spiro atoms. The molecule has 6 heteroatoms. The van der Waals surface area contributed by atoms with E-state index in [1.54, 1.807) is 18.2 Å². The summed E-state index contributed by atoms with van der Waals surface area (Å²) in [6, 6.07) is 6.53. The number of anilines is 1. The van der Waals surface area contributed by atoms with Gasteiger partial charge in [-0.05, 0) is 18.6 Å². The van der Waals surface area contributed by atoms with Crippen LogP contribution in [-0.4, -0.2) is 33.7 Å². The fourth-order valence-electron chi connectivity index (χ4n) is 1.44. The first-order valence-corrected chi connectivity index (χ1v) is 7.64. The van der Waals surface area contributed by atoms with Gasteiger partial charge in [-0.1, -0.05) is 19.1 Å². The van der Waals surface area contributed by atoms with Crippen molar-refractivity contribution in [3.05, 3.63) is 24.3 Å². The van der Waals surface area contributed by atoms with Gasteiger partial charge in [-0.3, -0.25) is 4.79 Å². The molecule has 0 atom stereocenters. The Morgan fingerprint density at radius 2 is 1.94 bits per heavy atom. The Labute approximate surface area is 108 Å². The number of rotatable bonds is 6. The zero-order valence-electron chi connectivity index (χ0n) is 10.6. The van der Waals surface area contributed by atoms with E-state index in [1.165, 1.54) is 6.07 Å². The molecule has 1 aromatic carbocycles. The summed E-state index contributed by atoms with van der Waals surface area (Å²) in [6.07, 6.45) is 2.01. The first-order valence-electron chi connectivity index (χ1n) is 5.74. The van der Waals surface area contributed by atoms with Crippen molar-refractivity contribution in [3.63, 3.8) is 0 Å². The molecule has 0 unspecified atom stereocenters. The number of benzene rings is 1. The van der Waals surface area contributed by atoms with E-state index in [0.717, 1.165) is 12.7 Å². The third-order valence-electron chi connectivity index (χ3n) is 2.30. The number of carbonyl (C=O) groups excluding carboxylic acids is 1. The van der Waals surface area contributed by atoms with Gasteiger partial charge in [0.05, 0.1) is 17.1 Å². The Morgan fingerprint density at radius 3 is 2.56 bits per heavy atom. The van der Waals surface area contributed by atoms with Gasteiger partial charge in [-0.2, -0.15) is 0 Å². The fourth-order valence-corrected chi connectivity index (χ4v) is 2.30. The molecule has 1 amide bonds. The molecule has 0 radical (unpaired) electrons. The molecule has 1 rings (SSSR count). The Kier molecular flexibility index (Phi) is 5.15. The van der Waals surface area contributed by atoms with Gasteiger partial charge in [0.15, 0.2) is 9.84 Å². The maximum absolute atomic E-state index is 11.5. The van der Waals surface area contributed by atoms with Gasteiger partial charge in [0.2, 0.25) is 5.91 Å². The van der Waals surface area contributed by atoms with Crippen molar-refractivity contribution >= 4 is 21.4 Å². The second-order valence-electron chi connectivity index (χ2n) is 3.97. The van der Waals surface area contributed by atoms with Crippen molar-refractivity contribution in [3.8, 4) is 0 Å². The maximum atomic E-state index is 11.5. The highest BCUT2D eigenvalue weighted by atomic mass is 32.2. The minimum absolute atomic E-state index is 0.0620. The summed E-state index contributed by atoms with van der Waals surface area (Å²) < 4.78 is 23.1. The molecule has 0 aliphatic rings. The highest BCUT2D eigenvalue weighted by molar-refractivity contribution is 7.90. The molecule has 5 nitrogen and oxygen atoms in total. The largest absolute Gasteiger partial charge is 0.375 e. The quantitative estimate of drug-likeness (QED) is 0.809. The molecule has 100 valence electrons. The second kappa shape index (κ2) is 6.39. The number of amides is 1. The van der Waals surface area contributed by atoms with Crippen LogP contribution in [0.3, 0.4) is 0 Å². The van der Waals surface area contributed by atoms with Crippen LogP contribution >= 0.6 is 0 Å². The highest BCUT2D eigenvalue weighted by Crippen LogP contribution is 2.19. The van der Waals surface area contributed by atoms with Crippen molar-refractivity contribution in [1.82, 2.24) is 5.32 Å². The second-order valence-corrected chi connectivity index (χ2v) is 5.96. The zero-order chi connectivity index (χ0) is 13.6. The predicted octanol–water partition coefficient (Wildman–Crippen LogP) is 1.03. The third-order valence-corrected chi connectivity index (χ3v) is 3.45. The Morgan fingerprint density at radius 1 is 1.28 bits per heavy atom. The molecular weight excluding hydrogens is 252 g/mol. The van der Waals surface area contributed by atoms with Crippen LogP contribution in [0.15, 0.2) is 29.2 Å². The summed E-state index contributed by atoms with van der Waals surface area (Å²) in [5.74, 6) is -0.153. The predicted molar refractivity (Wildman–Crippen MR) is 71.3 cm³/mol. The maximum Gasteiger partial charge on any atom is 0.239 e. The van der Waals surface area contributed by atoms with Crippen LogP contribution in [0, 0.1) is 0 Å². The summed E-state index contributed by atoms with van der Waals surface area (Å²) >= 11 is 0. The van der Waals surface area contributed by atoms with Crippen molar-refractivity contribution < 1.29 is 13.2 Å². The molecule has 2 N–H and O–H groups in total. The molecule has 0 aliphatic carbocycles. The number of hydrogen-bond donors (Lipinski definition) is 2. The normalized spacial score (nSPS) is 11.0. The lowest BCUT2D eigenvalue weighted by Crippen LogP contribution is -2.30. The highest BCUT2D eigenvalue weighted by Gasteiger charge is 2.12. The van der Waals surface area contributed by atoms with Crippen molar-refractivity contribution in [1.29, 1.82) is 0 Å². The smallest absolute Gasteiger partial charge is 0.239 e. The SMILES string of the molecule is CCCNC(=O)CNc1ccccc1S(C)(=O)=O. The Balaban J connectivity index is 2.71. The van der Waals surface area contributed by atoms with Gasteiger partial charge < -0.3 is 10.6 Å². The van der Waals surface area contributed by atoms with Crippen LogP contribution in [0.25, 0.3) is 0 Å². The topological polar surface area (TPSA) is 75.3 Å². The molecule has 0 saturated carbocycles. The average Bonchev–Trinajstić information content (AvgIpc) is 2.33. The molecule has 0 aromatic heterocycles. The fraction of sp³-hybridized carbons (Fsp3) is 0.417. The molecular formula is C12H18N2O3S. The van der Waals surface area contributed by atoms with E-state index in [2.05, 4.69) is 10.6 Å². The zero-order valence-corrected chi connectivity index (χ0v) is 11.4. The third kappa shape index (κ3) is 4.37. The van der Waals surface area contributed by atoms with Crippen molar-refractivity contribution in [2.24, 2.45) is 0 Å². The standard InChI is InChI=1S/C12H18N2O3S/c1-3-8-13-12(15)9-14-10-6-4-5-7-11(10)18(2,16)17/h4-7,14H,3,8-9H2,1-2H3,(H,13,15). The van der Waals surface area contributed by atoms with E-state index in [4.69, 9.17) is 0 Å². The number of hydrogen-bond acceptors (Lipinski definition) is 4. The van der Waals surface area contributed by atoms with Crippen LogP contribution < -0.4 is 10.6 Å². The Hall–Kier alpha value is -1.56. The molecule has 0 saturated heterocycles. The first-order chi connectivity index (χ1) is 8.45. The molecule has 0 bridgehead atoms. The lowest BCUT2D eigenvalue weighted by Gasteiger charge is -2.10. The van der Waals surface area contributed by atoms with E-state index in [-0.39, 0.29) is 17.3 Å². The van der Waals surface area contributed by atoms with E-state index in [9.17, 15) is 13.2 Å². The number of nitrogens with one attached hydrogen (secondary N) is 2. The van der Waals surface area contributed by atoms with Gasteiger partial charge in [-0.25, -0.2) is 8.42 Å². The van der Waals surface area contributed by atoms with E-state index in [0.29, 0.717) is 12.2 Å². The van der Waals surface area contributed by atoms with E-state index in [1.807, 2.05) is 6.92 Å². The average molecular weight is 270 g/mol. The number of carbonyl (C=O) groups is 1. The molecule has 1 aromatic rings.